The SMILES string of the molecule is CCNC(=NCC(C)SC)N(C)Cc1ccc(OCC)cc1.I. The Morgan fingerprint density at radius 3 is 2.48 bits per heavy atom. The zero-order chi connectivity index (χ0) is 16.4. The minimum Gasteiger partial charge on any atom is -0.494 e. The first-order chi connectivity index (χ1) is 10.6. The highest BCUT2D eigenvalue weighted by atomic mass is 127. The molecule has 1 aromatic rings. The first-order valence-electron chi connectivity index (χ1n) is 7.84. The molecule has 23 heavy (non-hydrogen) atoms. The second kappa shape index (κ2) is 12.8. The van der Waals surface area contributed by atoms with Gasteiger partial charge in [-0.1, -0.05) is 19.1 Å². The highest BCUT2D eigenvalue weighted by Gasteiger charge is 2.07. The summed E-state index contributed by atoms with van der Waals surface area (Å²) in [5, 5.41) is 3.89. The largest absolute Gasteiger partial charge is 0.494 e. The second-order valence-corrected chi connectivity index (χ2v) is 6.45. The van der Waals surface area contributed by atoms with Crippen LogP contribution in [-0.4, -0.2) is 49.1 Å². The Kier molecular flexibility index (Phi) is 12.4. The number of halogens is 1. The summed E-state index contributed by atoms with van der Waals surface area (Å²) in [6.45, 7) is 9.52. The van der Waals surface area contributed by atoms with E-state index < -0.39 is 0 Å². The van der Waals surface area contributed by atoms with Crippen LogP contribution in [0, 0.1) is 0 Å². The summed E-state index contributed by atoms with van der Waals surface area (Å²) < 4.78 is 5.48. The van der Waals surface area contributed by atoms with Crippen molar-refractivity contribution < 1.29 is 4.74 Å². The van der Waals surface area contributed by atoms with Gasteiger partial charge in [0.15, 0.2) is 5.96 Å². The molecule has 0 heterocycles. The third kappa shape index (κ3) is 8.69. The lowest BCUT2D eigenvalue weighted by atomic mass is 10.2. The van der Waals surface area contributed by atoms with E-state index in [1.807, 2.05) is 30.8 Å². The quantitative estimate of drug-likeness (QED) is 0.370. The van der Waals surface area contributed by atoms with Crippen molar-refractivity contribution in [3.8, 4) is 5.75 Å². The molecule has 0 aliphatic carbocycles. The number of benzene rings is 1. The van der Waals surface area contributed by atoms with Crippen molar-refractivity contribution in [3.63, 3.8) is 0 Å². The van der Waals surface area contributed by atoms with Crippen molar-refractivity contribution in [2.75, 3.05) is 33.0 Å². The maximum absolute atomic E-state index is 5.48. The summed E-state index contributed by atoms with van der Waals surface area (Å²) in [6, 6.07) is 8.25. The molecule has 1 atom stereocenters. The van der Waals surface area contributed by atoms with Crippen LogP contribution in [0.2, 0.25) is 0 Å². The molecule has 1 aromatic carbocycles. The van der Waals surface area contributed by atoms with Gasteiger partial charge >= 0.3 is 0 Å². The molecule has 0 bridgehead atoms. The van der Waals surface area contributed by atoms with Gasteiger partial charge in [0.2, 0.25) is 0 Å². The minimum atomic E-state index is 0. The van der Waals surface area contributed by atoms with Crippen LogP contribution in [0.4, 0.5) is 0 Å². The number of nitrogens with one attached hydrogen (secondary N) is 1. The fourth-order valence-corrected chi connectivity index (χ4v) is 2.19. The molecule has 0 amide bonds. The number of hydrogen-bond donors (Lipinski definition) is 1. The fraction of sp³-hybridized carbons (Fsp3) is 0.588. The van der Waals surface area contributed by atoms with Crippen LogP contribution in [-0.2, 0) is 6.54 Å². The monoisotopic (exact) mass is 451 g/mol. The zero-order valence-corrected chi connectivity index (χ0v) is 18.0. The molecule has 0 saturated carbocycles. The molecular weight excluding hydrogens is 421 g/mol. The van der Waals surface area contributed by atoms with E-state index in [4.69, 9.17) is 9.73 Å². The third-order valence-electron chi connectivity index (χ3n) is 3.25. The van der Waals surface area contributed by atoms with E-state index in [1.165, 1.54) is 5.56 Å². The lowest BCUT2D eigenvalue weighted by Crippen LogP contribution is -2.38. The molecule has 0 aliphatic rings. The Balaban J connectivity index is 0.00000484. The molecule has 1 unspecified atom stereocenters. The number of guanidine groups is 1. The molecule has 1 N–H and O–H groups in total. The van der Waals surface area contributed by atoms with Gasteiger partial charge in [-0.05, 0) is 37.8 Å². The number of thioether (sulfide) groups is 1. The zero-order valence-electron chi connectivity index (χ0n) is 14.8. The van der Waals surface area contributed by atoms with Gasteiger partial charge in [0.05, 0.1) is 13.2 Å². The predicted octanol–water partition coefficient (Wildman–Crippen LogP) is 3.85. The van der Waals surface area contributed by atoms with Crippen molar-refractivity contribution in [2.45, 2.75) is 32.6 Å². The number of aliphatic imine (C=N–C) groups is 1. The summed E-state index contributed by atoms with van der Waals surface area (Å²) >= 11 is 1.84. The van der Waals surface area contributed by atoms with E-state index in [0.29, 0.717) is 11.9 Å². The Hall–Kier alpha value is -0.630. The van der Waals surface area contributed by atoms with Crippen LogP contribution in [0.25, 0.3) is 0 Å². The average molecular weight is 451 g/mol. The number of ether oxygens (including phenoxy) is 1. The number of hydrogen-bond acceptors (Lipinski definition) is 3. The molecule has 1 rings (SSSR count). The van der Waals surface area contributed by atoms with Crippen molar-refractivity contribution >= 4 is 41.7 Å². The topological polar surface area (TPSA) is 36.9 Å². The van der Waals surface area contributed by atoms with Crippen LogP contribution < -0.4 is 10.1 Å². The smallest absolute Gasteiger partial charge is 0.193 e. The number of rotatable bonds is 8. The van der Waals surface area contributed by atoms with E-state index in [-0.39, 0.29) is 24.0 Å². The van der Waals surface area contributed by atoms with Gasteiger partial charge in [0.1, 0.15) is 5.75 Å². The van der Waals surface area contributed by atoms with Crippen LogP contribution in [0.15, 0.2) is 29.3 Å². The van der Waals surface area contributed by atoms with Crippen molar-refractivity contribution in [2.24, 2.45) is 4.99 Å². The van der Waals surface area contributed by atoms with Gasteiger partial charge in [-0.3, -0.25) is 4.99 Å². The van der Waals surface area contributed by atoms with Gasteiger partial charge in [0, 0.05) is 25.4 Å². The van der Waals surface area contributed by atoms with Crippen LogP contribution in [0.1, 0.15) is 26.3 Å². The Bertz CT molecular complexity index is 454. The summed E-state index contributed by atoms with van der Waals surface area (Å²) in [5.41, 5.74) is 1.24. The van der Waals surface area contributed by atoms with Gasteiger partial charge in [0.25, 0.3) is 0 Å². The third-order valence-corrected chi connectivity index (χ3v) is 4.20. The van der Waals surface area contributed by atoms with Crippen molar-refractivity contribution in [1.82, 2.24) is 10.2 Å². The first kappa shape index (κ1) is 22.4. The predicted molar refractivity (Wildman–Crippen MR) is 113 cm³/mol. The molecule has 0 spiro atoms. The van der Waals surface area contributed by atoms with Crippen LogP contribution in [0.3, 0.4) is 0 Å². The molecule has 0 aliphatic heterocycles. The molecular formula is C17H30IN3OS. The standard InChI is InChI=1S/C17H29N3OS.HI/c1-6-18-17(19-12-14(3)22-5)20(4)13-15-8-10-16(11-9-15)21-7-2;/h8-11,14H,6-7,12-13H2,1-5H3,(H,18,19);1H. The normalized spacial score (nSPS) is 12.3. The Labute approximate surface area is 162 Å². The van der Waals surface area contributed by atoms with E-state index in [9.17, 15) is 0 Å². The summed E-state index contributed by atoms with van der Waals surface area (Å²) in [4.78, 5) is 6.87. The fourth-order valence-electron chi connectivity index (χ4n) is 1.97. The summed E-state index contributed by atoms with van der Waals surface area (Å²) in [6.07, 6.45) is 2.12. The van der Waals surface area contributed by atoms with Crippen molar-refractivity contribution in [3.05, 3.63) is 29.8 Å². The van der Waals surface area contributed by atoms with E-state index in [1.54, 1.807) is 0 Å². The highest BCUT2D eigenvalue weighted by molar-refractivity contribution is 14.0. The molecule has 0 radical (unpaired) electrons. The number of nitrogens with zero attached hydrogens (tertiary/aromatic N) is 2. The van der Waals surface area contributed by atoms with Gasteiger partial charge in [-0.15, -0.1) is 24.0 Å². The maximum atomic E-state index is 5.48. The van der Waals surface area contributed by atoms with Gasteiger partial charge in [-0.2, -0.15) is 11.8 Å². The second-order valence-electron chi connectivity index (χ2n) is 5.17. The maximum Gasteiger partial charge on any atom is 0.193 e. The summed E-state index contributed by atoms with van der Waals surface area (Å²) in [7, 11) is 2.07. The van der Waals surface area contributed by atoms with Gasteiger partial charge in [-0.25, -0.2) is 0 Å². The minimum absolute atomic E-state index is 0. The summed E-state index contributed by atoms with van der Waals surface area (Å²) in [5.74, 6) is 1.88. The molecule has 0 aromatic heterocycles. The molecule has 6 heteroatoms. The Morgan fingerprint density at radius 1 is 1.30 bits per heavy atom. The van der Waals surface area contributed by atoms with Gasteiger partial charge < -0.3 is 15.0 Å². The van der Waals surface area contributed by atoms with Crippen molar-refractivity contribution in [1.29, 1.82) is 0 Å². The van der Waals surface area contributed by atoms with E-state index in [0.717, 1.165) is 31.3 Å². The lowest BCUT2D eigenvalue weighted by molar-refractivity contribution is 0.340. The van der Waals surface area contributed by atoms with Crippen LogP contribution >= 0.6 is 35.7 Å². The Morgan fingerprint density at radius 2 is 1.96 bits per heavy atom. The van der Waals surface area contributed by atoms with E-state index in [2.05, 4.69) is 49.5 Å². The average Bonchev–Trinajstić information content (AvgIpc) is 2.53. The molecule has 4 nitrogen and oxygen atoms in total. The molecule has 0 fully saturated rings. The molecule has 132 valence electrons. The van der Waals surface area contributed by atoms with E-state index >= 15 is 0 Å². The molecule has 0 saturated heterocycles. The first-order valence-corrected chi connectivity index (χ1v) is 9.13. The van der Waals surface area contributed by atoms with Crippen LogP contribution in [0.5, 0.6) is 5.75 Å². The highest BCUT2D eigenvalue weighted by Crippen LogP contribution is 2.13. The lowest BCUT2D eigenvalue weighted by Gasteiger charge is -2.22.